The van der Waals surface area contributed by atoms with Gasteiger partial charge >= 0.3 is 23.9 Å². The zero-order valence-corrected chi connectivity index (χ0v) is 20.1. The fourth-order valence-electron chi connectivity index (χ4n) is 2.97. The largest absolute Gasteiger partial charge is 0.481 e. The SMILES string of the molecule is CCC(C)C(NC(=O)C(CCC(=O)O)NC(=O)C(CCC(=O)O)NC(=O)C(N)CCC(=O)O)C(=O)O. The molecule has 0 spiro atoms. The van der Waals surface area contributed by atoms with Gasteiger partial charge < -0.3 is 42.1 Å². The van der Waals surface area contributed by atoms with Gasteiger partial charge in [0, 0.05) is 19.3 Å². The van der Waals surface area contributed by atoms with E-state index in [4.69, 9.17) is 21.1 Å². The molecule has 0 aromatic rings. The number of amides is 3. The number of carbonyl (C=O) groups is 7. The van der Waals surface area contributed by atoms with Crippen LogP contribution in [0.25, 0.3) is 0 Å². The van der Waals surface area contributed by atoms with E-state index in [0.29, 0.717) is 6.42 Å². The van der Waals surface area contributed by atoms with E-state index in [1.54, 1.807) is 13.8 Å². The van der Waals surface area contributed by atoms with E-state index in [-0.39, 0.29) is 6.42 Å². The molecule has 9 N–H and O–H groups in total. The molecule has 0 fully saturated rings. The van der Waals surface area contributed by atoms with Crippen LogP contribution in [0.5, 0.6) is 0 Å². The monoisotopic (exact) mass is 518 g/mol. The number of aliphatic carboxylic acids is 4. The first kappa shape index (κ1) is 32.2. The van der Waals surface area contributed by atoms with Gasteiger partial charge in [-0.1, -0.05) is 20.3 Å². The van der Waals surface area contributed by atoms with Gasteiger partial charge in [0.05, 0.1) is 6.04 Å². The van der Waals surface area contributed by atoms with Crippen molar-refractivity contribution in [3.8, 4) is 0 Å². The van der Waals surface area contributed by atoms with Crippen LogP contribution in [0.2, 0.25) is 0 Å². The maximum absolute atomic E-state index is 12.9. The molecule has 15 nitrogen and oxygen atoms in total. The smallest absolute Gasteiger partial charge is 0.326 e. The number of carboxylic acid groups (broad SMARTS) is 4. The van der Waals surface area contributed by atoms with E-state index in [2.05, 4.69) is 16.0 Å². The van der Waals surface area contributed by atoms with E-state index in [1.165, 1.54) is 0 Å². The maximum Gasteiger partial charge on any atom is 0.326 e. The average Bonchev–Trinajstić information content (AvgIpc) is 2.79. The van der Waals surface area contributed by atoms with Gasteiger partial charge in [0.2, 0.25) is 17.7 Å². The van der Waals surface area contributed by atoms with Crippen LogP contribution in [0.1, 0.15) is 58.8 Å². The van der Waals surface area contributed by atoms with E-state index in [0.717, 1.165) is 0 Å². The lowest BCUT2D eigenvalue weighted by Crippen LogP contribution is -2.57. The summed E-state index contributed by atoms with van der Waals surface area (Å²) in [7, 11) is 0. The number of nitrogens with two attached hydrogens (primary N) is 1. The molecule has 0 heterocycles. The van der Waals surface area contributed by atoms with E-state index < -0.39 is 104 Å². The molecular formula is C21H34N4O11. The van der Waals surface area contributed by atoms with Crippen molar-refractivity contribution in [3.05, 3.63) is 0 Å². The number of hydrogen-bond acceptors (Lipinski definition) is 8. The fourth-order valence-corrected chi connectivity index (χ4v) is 2.97. The third-order valence-corrected chi connectivity index (χ3v) is 5.34. The molecule has 3 amide bonds. The van der Waals surface area contributed by atoms with Crippen molar-refractivity contribution in [1.82, 2.24) is 16.0 Å². The summed E-state index contributed by atoms with van der Waals surface area (Å²) in [4.78, 5) is 82.1. The summed E-state index contributed by atoms with van der Waals surface area (Å²) in [5.41, 5.74) is 5.62. The van der Waals surface area contributed by atoms with Gasteiger partial charge in [0.25, 0.3) is 0 Å². The van der Waals surface area contributed by atoms with Crippen LogP contribution in [-0.4, -0.2) is 86.2 Å². The second-order valence-electron chi connectivity index (χ2n) is 8.24. The lowest BCUT2D eigenvalue weighted by atomic mass is 9.98. The molecular weight excluding hydrogens is 484 g/mol. The Bertz CT molecular complexity index is 833. The molecule has 0 radical (unpaired) electrons. The Labute approximate surface area is 206 Å². The third kappa shape index (κ3) is 12.6. The zero-order chi connectivity index (χ0) is 28.0. The van der Waals surface area contributed by atoms with Gasteiger partial charge in [-0.05, 0) is 25.2 Å². The Morgan fingerprint density at radius 2 is 1.06 bits per heavy atom. The molecule has 0 aromatic heterocycles. The molecule has 5 unspecified atom stereocenters. The topological polar surface area (TPSA) is 263 Å². The second kappa shape index (κ2) is 16.0. The predicted molar refractivity (Wildman–Crippen MR) is 121 cm³/mol. The average molecular weight is 519 g/mol. The summed E-state index contributed by atoms with van der Waals surface area (Å²) in [6.07, 6.45) is -2.26. The summed E-state index contributed by atoms with van der Waals surface area (Å²) >= 11 is 0. The van der Waals surface area contributed by atoms with Gasteiger partial charge in [0.15, 0.2) is 0 Å². The van der Waals surface area contributed by atoms with Crippen molar-refractivity contribution in [3.63, 3.8) is 0 Å². The van der Waals surface area contributed by atoms with Crippen molar-refractivity contribution in [2.24, 2.45) is 11.7 Å². The lowest BCUT2D eigenvalue weighted by Gasteiger charge is -2.26. The third-order valence-electron chi connectivity index (χ3n) is 5.34. The summed E-state index contributed by atoms with van der Waals surface area (Å²) in [5, 5.41) is 42.8. The first-order chi connectivity index (χ1) is 16.7. The number of hydrogen-bond donors (Lipinski definition) is 8. The van der Waals surface area contributed by atoms with Gasteiger partial charge in [-0.3, -0.25) is 28.8 Å². The highest BCUT2D eigenvalue weighted by Gasteiger charge is 2.32. The van der Waals surface area contributed by atoms with Gasteiger partial charge in [-0.25, -0.2) is 4.79 Å². The Morgan fingerprint density at radius 1 is 0.667 bits per heavy atom. The van der Waals surface area contributed by atoms with Crippen LogP contribution < -0.4 is 21.7 Å². The van der Waals surface area contributed by atoms with Crippen molar-refractivity contribution >= 4 is 41.6 Å². The van der Waals surface area contributed by atoms with Crippen molar-refractivity contribution < 1.29 is 54.0 Å². The zero-order valence-electron chi connectivity index (χ0n) is 20.1. The highest BCUT2D eigenvalue weighted by Crippen LogP contribution is 2.10. The van der Waals surface area contributed by atoms with Crippen molar-refractivity contribution in [1.29, 1.82) is 0 Å². The van der Waals surface area contributed by atoms with Crippen LogP contribution in [0, 0.1) is 5.92 Å². The van der Waals surface area contributed by atoms with Gasteiger partial charge in [-0.2, -0.15) is 0 Å². The molecule has 0 aliphatic rings. The van der Waals surface area contributed by atoms with E-state index >= 15 is 0 Å². The van der Waals surface area contributed by atoms with E-state index in [9.17, 15) is 38.7 Å². The first-order valence-corrected chi connectivity index (χ1v) is 11.2. The fraction of sp³-hybridized carbons (Fsp3) is 0.667. The molecule has 0 bridgehead atoms. The molecule has 36 heavy (non-hydrogen) atoms. The Morgan fingerprint density at radius 3 is 1.44 bits per heavy atom. The number of carboxylic acids is 4. The molecule has 0 aliphatic carbocycles. The molecule has 204 valence electrons. The van der Waals surface area contributed by atoms with Crippen LogP contribution in [0.15, 0.2) is 0 Å². The minimum atomic E-state index is -1.51. The van der Waals surface area contributed by atoms with Crippen LogP contribution in [0.4, 0.5) is 0 Å². The minimum Gasteiger partial charge on any atom is -0.481 e. The predicted octanol–water partition coefficient (Wildman–Crippen LogP) is -1.51. The quantitative estimate of drug-likeness (QED) is 0.103. The maximum atomic E-state index is 12.9. The molecule has 0 saturated carbocycles. The van der Waals surface area contributed by atoms with Crippen molar-refractivity contribution in [2.75, 3.05) is 0 Å². The molecule has 15 heteroatoms. The van der Waals surface area contributed by atoms with Gasteiger partial charge in [0.1, 0.15) is 18.1 Å². The highest BCUT2D eigenvalue weighted by atomic mass is 16.4. The highest BCUT2D eigenvalue weighted by molar-refractivity contribution is 5.94. The summed E-state index contributed by atoms with van der Waals surface area (Å²) in [5.74, 6) is -8.55. The van der Waals surface area contributed by atoms with Crippen LogP contribution in [0.3, 0.4) is 0 Å². The molecule has 0 aliphatic heterocycles. The Hall–Kier alpha value is -3.75. The molecule has 0 saturated heterocycles. The molecule has 0 aromatic carbocycles. The second-order valence-corrected chi connectivity index (χ2v) is 8.24. The minimum absolute atomic E-state index is 0.260. The Balaban J connectivity index is 5.67. The number of rotatable bonds is 18. The Kier molecular flexibility index (Phi) is 14.4. The summed E-state index contributed by atoms with van der Waals surface area (Å²) in [6.45, 7) is 3.28. The lowest BCUT2D eigenvalue weighted by molar-refractivity contribution is -0.144. The van der Waals surface area contributed by atoms with Crippen molar-refractivity contribution in [2.45, 2.75) is 83.0 Å². The summed E-state index contributed by atoms with van der Waals surface area (Å²) < 4.78 is 0. The van der Waals surface area contributed by atoms with Crippen LogP contribution >= 0.6 is 0 Å². The normalized spacial score (nSPS) is 14.9. The number of nitrogens with one attached hydrogen (secondary N) is 3. The van der Waals surface area contributed by atoms with E-state index in [1.807, 2.05) is 0 Å². The van der Waals surface area contributed by atoms with Gasteiger partial charge in [-0.15, -0.1) is 0 Å². The summed E-state index contributed by atoms with van der Waals surface area (Å²) in [6, 6.07) is -5.65. The standard InChI is InChI=1S/C21H34N4O11/c1-3-10(2)17(21(35)36)25-20(34)13(6-9-16(30)31)24-19(33)12(5-8-15(28)29)23-18(32)11(22)4-7-14(26)27/h10-13,17H,3-9,22H2,1-2H3,(H,23,32)(H,24,33)(H,25,34)(H,26,27)(H,28,29)(H,30,31)(H,35,36). The van der Waals surface area contributed by atoms with Crippen LogP contribution in [-0.2, 0) is 33.6 Å². The molecule has 5 atom stereocenters. The number of carbonyl (C=O) groups excluding carboxylic acids is 3. The molecule has 0 rings (SSSR count). The first-order valence-electron chi connectivity index (χ1n) is 11.2.